The Balaban J connectivity index is 1.60. The molecule has 9 heteroatoms. The lowest BCUT2D eigenvalue weighted by molar-refractivity contribution is -0.119. The lowest BCUT2D eigenvalue weighted by atomic mass is 10.0. The molecule has 1 aromatic carbocycles. The van der Waals surface area contributed by atoms with Gasteiger partial charge in [0.1, 0.15) is 23.1 Å². The fourth-order valence-electron chi connectivity index (χ4n) is 3.96. The van der Waals surface area contributed by atoms with Crippen LogP contribution >= 0.6 is 0 Å². The highest BCUT2D eigenvalue weighted by atomic mass is 16.5. The number of aryl methyl sites for hydroxylation is 2. The minimum atomic E-state index is -0.203. The van der Waals surface area contributed by atoms with Gasteiger partial charge in [-0.2, -0.15) is 5.10 Å². The molecule has 33 heavy (non-hydrogen) atoms. The maximum atomic E-state index is 12.8. The van der Waals surface area contributed by atoms with Crippen LogP contribution in [0.2, 0.25) is 0 Å². The molecule has 172 valence electrons. The number of hydrogen-bond donors (Lipinski definition) is 0. The molecule has 0 unspecified atom stereocenters. The van der Waals surface area contributed by atoms with Gasteiger partial charge < -0.3 is 9.64 Å². The Morgan fingerprint density at radius 3 is 2.76 bits per heavy atom. The van der Waals surface area contributed by atoms with Crippen LogP contribution in [0, 0.1) is 6.92 Å². The van der Waals surface area contributed by atoms with Crippen molar-refractivity contribution in [3.05, 3.63) is 64.9 Å². The minimum Gasteiger partial charge on any atom is -0.497 e. The predicted molar refractivity (Wildman–Crippen MR) is 123 cm³/mol. The summed E-state index contributed by atoms with van der Waals surface area (Å²) < 4.78 is 7.03. The number of aromatic nitrogens is 4. The Labute approximate surface area is 193 Å². The number of nitrogens with zero attached hydrogens (tertiary/aromatic N) is 6. The highest BCUT2D eigenvalue weighted by molar-refractivity contribution is 5.95. The molecule has 0 spiro atoms. The minimum absolute atomic E-state index is 0.0175. The van der Waals surface area contributed by atoms with Crippen molar-refractivity contribution >= 4 is 17.6 Å². The molecule has 0 saturated heterocycles. The number of methoxy groups -OCH3 is 1. The van der Waals surface area contributed by atoms with E-state index in [1.165, 1.54) is 0 Å². The Kier molecular flexibility index (Phi) is 6.39. The molecular formula is C24H28N6O3. The first-order valence-electron chi connectivity index (χ1n) is 11.0. The van der Waals surface area contributed by atoms with Crippen molar-refractivity contribution in [2.75, 3.05) is 19.1 Å². The zero-order valence-electron chi connectivity index (χ0n) is 19.4. The van der Waals surface area contributed by atoms with Crippen LogP contribution < -0.4 is 9.64 Å². The van der Waals surface area contributed by atoms with E-state index in [0.717, 1.165) is 22.6 Å². The smallest absolute Gasteiger partial charge is 0.274 e. The Hall–Kier alpha value is -3.75. The SMILES string of the molecule is CCn1ccc(C(=O)N(C)Cc2nc(C)c3c(n2)N(Cc2cccc(OC)c2)C(=O)CC3)n1. The molecule has 2 aromatic heterocycles. The molecule has 0 aliphatic carbocycles. The van der Waals surface area contributed by atoms with Crippen molar-refractivity contribution < 1.29 is 14.3 Å². The lowest BCUT2D eigenvalue weighted by Crippen LogP contribution is -2.37. The molecule has 0 fully saturated rings. The van der Waals surface area contributed by atoms with Crippen LogP contribution in [0.3, 0.4) is 0 Å². The van der Waals surface area contributed by atoms with E-state index < -0.39 is 0 Å². The van der Waals surface area contributed by atoms with Crippen molar-refractivity contribution in [2.24, 2.45) is 0 Å². The van der Waals surface area contributed by atoms with Gasteiger partial charge in [0, 0.05) is 37.5 Å². The molecule has 4 rings (SSSR count). The molecule has 3 heterocycles. The van der Waals surface area contributed by atoms with Crippen LogP contribution in [0.4, 0.5) is 5.82 Å². The number of benzene rings is 1. The van der Waals surface area contributed by atoms with E-state index in [4.69, 9.17) is 9.72 Å². The lowest BCUT2D eigenvalue weighted by Gasteiger charge is -2.30. The molecule has 0 N–H and O–H groups in total. The average Bonchev–Trinajstić information content (AvgIpc) is 3.30. The van der Waals surface area contributed by atoms with Gasteiger partial charge in [-0.25, -0.2) is 9.97 Å². The van der Waals surface area contributed by atoms with E-state index >= 15 is 0 Å². The van der Waals surface area contributed by atoms with E-state index in [-0.39, 0.29) is 18.4 Å². The number of ether oxygens (including phenoxy) is 1. The van der Waals surface area contributed by atoms with E-state index in [1.54, 1.807) is 40.9 Å². The molecule has 0 atom stereocenters. The van der Waals surface area contributed by atoms with Crippen LogP contribution in [0.1, 0.15) is 46.5 Å². The molecule has 9 nitrogen and oxygen atoms in total. The second kappa shape index (κ2) is 9.40. The Bertz CT molecular complexity index is 1190. The van der Waals surface area contributed by atoms with Crippen LogP contribution in [0.15, 0.2) is 36.5 Å². The highest BCUT2D eigenvalue weighted by Gasteiger charge is 2.29. The summed E-state index contributed by atoms with van der Waals surface area (Å²) in [4.78, 5) is 38.2. The maximum Gasteiger partial charge on any atom is 0.274 e. The van der Waals surface area contributed by atoms with Crippen molar-refractivity contribution in [2.45, 2.75) is 46.3 Å². The van der Waals surface area contributed by atoms with Gasteiger partial charge in [0.15, 0.2) is 0 Å². The van der Waals surface area contributed by atoms with Gasteiger partial charge in [0.05, 0.1) is 20.2 Å². The number of rotatable bonds is 7. The third-order valence-corrected chi connectivity index (χ3v) is 5.77. The second-order valence-corrected chi connectivity index (χ2v) is 8.08. The van der Waals surface area contributed by atoms with E-state index in [2.05, 4.69) is 10.1 Å². The summed E-state index contributed by atoms with van der Waals surface area (Å²) in [6.45, 7) is 5.19. The first-order valence-corrected chi connectivity index (χ1v) is 11.0. The largest absolute Gasteiger partial charge is 0.497 e. The summed E-state index contributed by atoms with van der Waals surface area (Å²) in [5.41, 5.74) is 3.13. The van der Waals surface area contributed by atoms with E-state index in [9.17, 15) is 9.59 Å². The van der Waals surface area contributed by atoms with E-state index in [0.29, 0.717) is 43.3 Å². The summed E-state index contributed by atoms with van der Waals surface area (Å²) in [6, 6.07) is 9.35. The standard InChI is InChI=1S/C24H28N6O3/c1-5-29-12-11-20(27-29)24(32)28(3)15-21-25-16(2)19-9-10-22(31)30(23(19)26-21)14-17-7-6-8-18(13-17)33-4/h6-8,11-13H,5,9-10,14-15H2,1-4H3. The van der Waals surface area contributed by atoms with Gasteiger partial charge in [-0.3, -0.25) is 19.2 Å². The normalized spacial score (nSPS) is 13.1. The van der Waals surface area contributed by atoms with Crippen LogP contribution in [-0.4, -0.2) is 50.6 Å². The van der Waals surface area contributed by atoms with Crippen molar-refractivity contribution in [1.29, 1.82) is 0 Å². The Morgan fingerprint density at radius 1 is 1.21 bits per heavy atom. The molecule has 3 aromatic rings. The molecule has 0 bridgehead atoms. The number of amides is 2. The molecule has 2 amide bonds. The molecule has 0 radical (unpaired) electrons. The first kappa shape index (κ1) is 22.4. The summed E-state index contributed by atoms with van der Waals surface area (Å²) in [5, 5.41) is 4.28. The van der Waals surface area contributed by atoms with Gasteiger partial charge in [-0.1, -0.05) is 12.1 Å². The zero-order valence-corrected chi connectivity index (χ0v) is 19.4. The highest BCUT2D eigenvalue weighted by Crippen LogP contribution is 2.30. The summed E-state index contributed by atoms with van der Waals surface area (Å²) in [5.74, 6) is 1.66. The predicted octanol–water partition coefficient (Wildman–Crippen LogP) is 2.76. The Morgan fingerprint density at radius 2 is 2.03 bits per heavy atom. The van der Waals surface area contributed by atoms with Gasteiger partial charge in [0.2, 0.25) is 5.91 Å². The molecule has 1 aliphatic rings. The first-order chi connectivity index (χ1) is 15.9. The third-order valence-electron chi connectivity index (χ3n) is 5.77. The van der Waals surface area contributed by atoms with Gasteiger partial charge >= 0.3 is 0 Å². The van der Waals surface area contributed by atoms with Crippen LogP contribution in [0.25, 0.3) is 0 Å². The molecular weight excluding hydrogens is 420 g/mol. The maximum absolute atomic E-state index is 12.8. The van der Waals surface area contributed by atoms with Crippen LogP contribution in [0.5, 0.6) is 5.75 Å². The summed E-state index contributed by atoms with van der Waals surface area (Å²) in [7, 11) is 3.32. The second-order valence-electron chi connectivity index (χ2n) is 8.08. The monoisotopic (exact) mass is 448 g/mol. The zero-order chi connectivity index (χ0) is 23.5. The molecule has 1 aliphatic heterocycles. The number of hydrogen-bond acceptors (Lipinski definition) is 6. The number of carbonyl (C=O) groups excluding carboxylic acids is 2. The third kappa shape index (κ3) is 4.72. The fraction of sp³-hybridized carbons (Fsp3) is 0.375. The van der Waals surface area contributed by atoms with Gasteiger partial charge in [0.25, 0.3) is 5.91 Å². The van der Waals surface area contributed by atoms with Crippen molar-refractivity contribution in [3.63, 3.8) is 0 Å². The van der Waals surface area contributed by atoms with E-state index in [1.807, 2.05) is 38.1 Å². The summed E-state index contributed by atoms with van der Waals surface area (Å²) >= 11 is 0. The number of anilines is 1. The number of carbonyl (C=O) groups is 2. The van der Waals surface area contributed by atoms with Crippen molar-refractivity contribution in [1.82, 2.24) is 24.6 Å². The fourth-order valence-corrected chi connectivity index (χ4v) is 3.96. The average molecular weight is 449 g/mol. The molecule has 0 saturated carbocycles. The topological polar surface area (TPSA) is 93.5 Å². The summed E-state index contributed by atoms with van der Waals surface area (Å²) in [6.07, 6.45) is 2.81. The number of fused-ring (bicyclic) bond motifs is 1. The van der Waals surface area contributed by atoms with Gasteiger partial charge in [-0.05, 0) is 44.0 Å². The van der Waals surface area contributed by atoms with Gasteiger partial charge in [-0.15, -0.1) is 0 Å². The quantitative estimate of drug-likeness (QED) is 0.552. The van der Waals surface area contributed by atoms with Crippen molar-refractivity contribution in [3.8, 4) is 5.75 Å². The van der Waals surface area contributed by atoms with Crippen LogP contribution in [-0.2, 0) is 30.8 Å².